The Labute approximate surface area is 222 Å². The molecule has 0 fully saturated rings. The maximum Gasteiger partial charge on any atom is 0.411 e. The van der Waals surface area contributed by atoms with Gasteiger partial charge in [-0.3, -0.25) is 0 Å². The lowest BCUT2D eigenvalue weighted by atomic mass is 9.69. The molecule has 4 nitrogen and oxygen atoms in total. The third-order valence-electron chi connectivity index (χ3n) is 5.93. The molecule has 0 aromatic heterocycles. The van der Waals surface area contributed by atoms with Gasteiger partial charge in [-0.2, -0.15) is 26.3 Å². The fraction of sp³-hybridized carbons (Fsp3) is 0.379. The van der Waals surface area contributed by atoms with E-state index in [1.165, 1.54) is 0 Å². The lowest BCUT2D eigenvalue weighted by molar-refractivity contribution is -0.288. The molecule has 208 valence electrons. The maximum absolute atomic E-state index is 14.7. The minimum atomic E-state index is -6.19. The zero-order valence-electron chi connectivity index (χ0n) is 21.2. The van der Waals surface area contributed by atoms with Crippen molar-refractivity contribution < 1.29 is 46.1 Å². The first-order valence-corrected chi connectivity index (χ1v) is 12.1. The molecule has 0 aliphatic carbocycles. The molecule has 39 heavy (non-hydrogen) atoms. The second kappa shape index (κ2) is 12.8. The van der Waals surface area contributed by atoms with E-state index in [0.29, 0.717) is 49.9 Å². The highest BCUT2D eigenvalue weighted by Crippen LogP contribution is 2.57. The Bertz CT molecular complexity index is 1230. The number of rotatable bonds is 8. The third-order valence-corrected chi connectivity index (χ3v) is 5.93. The van der Waals surface area contributed by atoms with E-state index in [1.807, 2.05) is 13.8 Å². The number of carboxylic acids is 2. The van der Waals surface area contributed by atoms with Crippen LogP contribution in [0, 0.1) is 23.7 Å². The Morgan fingerprint density at radius 3 is 1.33 bits per heavy atom. The molecule has 2 aromatic rings. The van der Waals surface area contributed by atoms with Crippen LogP contribution in [0.25, 0.3) is 0 Å². The largest absolute Gasteiger partial charge is 0.478 e. The van der Waals surface area contributed by atoms with E-state index >= 15 is 0 Å². The van der Waals surface area contributed by atoms with Crippen molar-refractivity contribution in [2.75, 3.05) is 0 Å². The second-order valence-corrected chi connectivity index (χ2v) is 8.69. The van der Waals surface area contributed by atoms with Gasteiger partial charge in [0.1, 0.15) is 0 Å². The summed E-state index contributed by atoms with van der Waals surface area (Å²) in [6.45, 7) is 3.79. The predicted octanol–water partition coefficient (Wildman–Crippen LogP) is 7.58. The van der Waals surface area contributed by atoms with Crippen molar-refractivity contribution in [2.45, 2.75) is 70.1 Å². The van der Waals surface area contributed by atoms with Crippen LogP contribution >= 0.6 is 0 Å². The molecule has 0 aliphatic heterocycles. The first kappa shape index (κ1) is 31.3. The highest BCUT2D eigenvalue weighted by Gasteiger charge is 2.74. The SMILES string of the molecule is CCCCC#Cc1ccc(C(c2ccc(C#CCCCC)cc2C(=O)O)(C(F)(F)F)C(F)(F)F)c(C(=O)O)c1. The van der Waals surface area contributed by atoms with E-state index in [1.54, 1.807) is 0 Å². The highest BCUT2D eigenvalue weighted by molar-refractivity contribution is 5.93. The quantitative estimate of drug-likeness (QED) is 0.201. The molecule has 0 aliphatic rings. The van der Waals surface area contributed by atoms with E-state index in [2.05, 4.69) is 23.7 Å². The van der Waals surface area contributed by atoms with E-state index in [4.69, 9.17) is 0 Å². The molecule has 0 saturated heterocycles. The number of benzene rings is 2. The normalized spacial score (nSPS) is 11.7. The summed E-state index contributed by atoms with van der Waals surface area (Å²) in [7, 11) is 0. The highest BCUT2D eigenvalue weighted by atomic mass is 19.4. The summed E-state index contributed by atoms with van der Waals surface area (Å²) in [4.78, 5) is 24.0. The van der Waals surface area contributed by atoms with Crippen molar-refractivity contribution in [1.82, 2.24) is 0 Å². The van der Waals surface area contributed by atoms with Crippen molar-refractivity contribution in [3.8, 4) is 23.7 Å². The van der Waals surface area contributed by atoms with Crippen LogP contribution in [0.3, 0.4) is 0 Å². The Morgan fingerprint density at radius 2 is 1.05 bits per heavy atom. The summed E-state index contributed by atoms with van der Waals surface area (Å²) in [6.07, 6.45) is -8.62. The summed E-state index contributed by atoms with van der Waals surface area (Å²) in [5.41, 5.74) is -11.1. The van der Waals surface area contributed by atoms with Crippen LogP contribution in [0.5, 0.6) is 0 Å². The monoisotopic (exact) mass is 552 g/mol. The smallest absolute Gasteiger partial charge is 0.411 e. The fourth-order valence-corrected chi connectivity index (χ4v) is 4.03. The average Bonchev–Trinajstić information content (AvgIpc) is 2.84. The number of carboxylic acid groups (broad SMARTS) is 2. The number of hydrogen-bond acceptors (Lipinski definition) is 2. The van der Waals surface area contributed by atoms with E-state index in [9.17, 15) is 46.1 Å². The average molecular weight is 553 g/mol. The molecule has 2 N–H and O–H groups in total. The van der Waals surface area contributed by atoms with Gasteiger partial charge in [-0.15, -0.1) is 0 Å². The summed E-state index contributed by atoms with van der Waals surface area (Å²) < 4.78 is 88.5. The standard InChI is InChI=1S/C29H26F6O4/c1-3-5-7-9-11-19-13-15-23(21(17-19)25(36)37)27(28(30,31)32,29(33,34)35)24-16-14-20(12-10-8-6-4-2)18-22(24)26(38)39/h13-18H,3-8H2,1-2H3,(H,36,37)(H,38,39). The number of alkyl halides is 6. The zero-order chi connectivity index (χ0) is 29.4. The van der Waals surface area contributed by atoms with Crippen molar-refractivity contribution in [1.29, 1.82) is 0 Å². The van der Waals surface area contributed by atoms with Crippen LogP contribution in [0.4, 0.5) is 26.3 Å². The molecule has 0 spiro atoms. The number of carbonyl (C=O) groups is 2. The van der Waals surface area contributed by atoms with E-state index in [0.717, 1.165) is 25.0 Å². The van der Waals surface area contributed by atoms with Crippen LogP contribution in [0.15, 0.2) is 36.4 Å². The second-order valence-electron chi connectivity index (χ2n) is 8.69. The number of halogens is 6. The predicted molar refractivity (Wildman–Crippen MR) is 132 cm³/mol. The van der Waals surface area contributed by atoms with Crippen LogP contribution in [0.1, 0.15) is 95.3 Å². The van der Waals surface area contributed by atoms with Crippen LogP contribution in [-0.4, -0.2) is 34.5 Å². The van der Waals surface area contributed by atoms with Gasteiger partial charge < -0.3 is 10.2 Å². The van der Waals surface area contributed by atoms with Gasteiger partial charge in [0.2, 0.25) is 5.41 Å². The van der Waals surface area contributed by atoms with Gasteiger partial charge in [-0.25, -0.2) is 9.59 Å². The Morgan fingerprint density at radius 1 is 0.692 bits per heavy atom. The van der Waals surface area contributed by atoms with Gasteiger partial charge in [-0.1, -0.05) is 62.5 Å². The minimum absolute atomic E-state index is 0.0957. The lowest BCUT2D eigenvalue weighted by Gasteiger charge is -2.39. The van der Waals surface area contributed by atoms with Crippen molar-refractivity contribution in [3.05, 3.63) is 69.8 Å². The molecule has 0 amide bonds. The van der Waals surface area contributed by atoms with Crippen LogP contribution in [-0.2, 0) is 5.41 Å². The molecule has 2 rings (SSSR count). The first-order valence-electron chi connectivity index (χ1n) is 12.1. The number of aromatic carboxylic acids is 2. The van der Waals surface area contributed by atoms with Gasteiger partial charge >= 0.3 is 24.3 Å². The van der Waals surface area contributed by atoms with Gasteiger partial charge in [0, 0.05) is 24.0 Å². The van der Waals surface area contributed by atoms with Crippen molar-refractivity contribution >= 4 is 11.9 Å². The number of unbranched alkanes of at least 4 members (excludes halogenated alkanes) is 4. The van der Waals surface area contributed by atoms with Gasteiger partial charge in [0.15, 0.2) is 0 Å². The Hall–Kier alpha value is -3.92. The minimum Gasteiger partial charge on any atom is -0.478 e. The molecule has 0 heterocycles. The molecule has 0 saturated carbocycles. The summed E-state index contributed by atoms with van der Waals surface area (Å²) in [5.74, 6) is 6.37. The molecule has 0 unspecified atom stereocenters. The number of hydrogen-bond donors (Lipinski definition) is 2. The van der Waals surface area contributed by atoms with Gasteiger partial charge in [-0.05, 0) is 48.2 Å². The Balaban J connectivity index is 2.97. The van der Waals surface area contributed by atoms with Crippen LogP contribution in [0.2, 0.25) is 0 Å². The maximum atomic E-state index is 14.7. The van der Waals surface area contributed by atoms with E-state index < -0.39 is 52.0 Å². The van der Waals surface area contributed by atoms with Crippen molar-refractivity contribution in [2.24, 2.45) is 0 Å². The Kier molecular flexibility index (Phi) is 10.2. The van der Waals surface area contributed by atoms with Gasteiger partial charge in [0.05, 0.1) is 11.1 Å². The fourth-order valence-electron chi connectivity index (χ4n) is 4.03. The summed E-state index contributed by atoms with van der Waals surface area (Å²) >= 11 is 0. The third kappa shape index (κ3) is 6.75. The lowest BCUT2D eigenvalue weighted by Crippen LogP contribution is -2.56. The zero-order valence-corrected chi connectivity index (χ0v) is 21.2. The molecule has 0 radical (unpaired) electrons. The summed E-state index contributed by atoms with van der Waals surface area (Å²) in [5, 5.41) is 19.4. The topological polar surface area (TPSA) is 74.6 Å². The molecule has 2 aromatic carbocycles. The summed E-state index contributed by atoms with van der Waals surface area (Å²) in [6, 6.07) is 3.80. The molecule has 0 atom stereocenters. The van der Waals surface area contributed by atoms with Gasteiger partial charge in [0.25, 0.3) is 0 Å². The molecular formula is C29H26F6O4. The molecule has 10 heteroatoms. The molecular weight excluding hydrogens is 526 g/mol. The molecule has 0 bridgehead atoms. The first-order chi connectivity index (χ1) is 18.2. The van der Waals surface area contributed by atoms with Crippen molar-refractivity contribution in [3.63, 3.8) is 0 Å². The van der Waals surface area contributed by atoms with E-state index in [-0.39, 0.29) is 11.1 Å². The van der Waals surface area contributed by atoms with Crippen LogP contribution < -0.4 is 0 Å².